The van der Waals surface area contributed by atoms with E-state index in [0.717, 1.165) is 0 Å². The minimum atomic E-state index is -0.433. The Balaban J connectivity index is 2.55. The van der Waals surface area contributed by atoms with Crippen molar-refractivity contribution >= 4 is 5.78 Å². The smallest absolute Gasteiger partial charge is 0.309 e. The van der Waals surface area contributed by atoms with Crippen LogP contribution in [0.1, 0.15) is 34.4 Å². The average molecular weight is 242 g/mol. The quantitative estimate of drug-likeness (QED) is 0.775. The summed E-state index contributed by atoms with van der Waals surface area (Å²) in [6, 6.07) is 4.94. The number of hydrogen-bond donors (Lipinski definition) is 2. The van der Waals surface area contributed by atoms with Gasteiger partial charge in [0, 0.05) is 11.9 Å². The van der Waals surface area contributed by atoms with Gasteiger partial charge >= 0.3 is 5.69 Å². The molecule has 0 aliphatic heterocycles. The molecule has 6 heteroatoms. The highest BCUT2D eigenvalue weighted by molar-refractivity contribution is 6.09. The molecule has 2 rings (SSSR count). The Morgan fingerprint density at radius 2 is 2.28 bits per heavy atom. The number of aromatic amines is 2. The normalized spacial score (nSPS) is 10.0. The van der Waals surface area contributed by atoms with Gasteiger partial charge in [-0.2, -0.15) is 5.26 Å². The number of carbonyl (C=O) groups is 1. The van der Waals surface area contributed by atoms with E-state index in [4.69, 9.17) is 5.26 Å². The van der Waals surface area contributed by atoms with Gasteiger partial charge in [0.25, 0.3) is 0 Å². The molecule has 2 aromatic heterocycles. The van der Waals surface area contributed by atoms with Crippen LogP contribution in [0.25, 0.3) is 0 Å². The highest BCUT2D eigenvalue weighted by atomic mass is 16.1. The summed E-state index contributed by atoms with van der Waals surface area (Å²) >= 11 is 0. The Morgan fingerprint density at radius 3 is 2.94 bits per heavy atom. The number of imidazole rings is 1. The number of hydrogen-bond acceptors (Lipinski definition) is 4. The lowest BCUT2D eigenvalue weighted by Gasteiger charge is -2.01. The molecule has 0 bridgehead atoms. The van der Waals surface area contributed by atoms with Gasteiger partial charge in [0.05, 0.1) is 5.56 Å². The number of H-pyrrole nitrogens is 2. The molecular formula is C12H10N4O2. The van der Waals surface area contributed by atoms with Gasteiger partial charge in [-0.05, 0) is 18.6 Å². The predicted octanol–water partition coefficient (Wildman–Crippen LogP) is 0.763. The molecule has 0 aromatic carbocycles. The van der Waals surface area contributed by atoms with E-state index in [9.17, 15) is 9.59 Å². The summed E-state index contributed by atoms with van der Waals surface area (Å²) in [7, 11) is 0. The second-order valence-corrected chi connectivity index (χ2v) is 3.63. The van der Waals surface area contributed by atoms with E-state index in [1.54, 1.807) is 6.07 Å². The van der Waals surface area contributed by atoms with Crippen LogP contribution >= 0.6 is 0 Å². The molecule has 6 nitrogen and oxygen atoms in total. The molecule has 0 unspecified atom stereocenters. The number of nitrogens with one attached hydrogen (secondary N) is 2. The van der Waals surface area contributed by atoms with Crippen LogP contribution in [-0.4, -0.2) is 20.7 Å². The first-order valence-electron chi connectivity index (χ1n) is 5.38. The molecule has 0 saturated carbocycles. The Labute approximate surface area is 102 Å². The summed E-state index contributed by atoms with van der Waals surface area (Å²) in [4.78, 5) is 32.3. The maximum atomic E-state index is 12.2. The van der Waals surface area contributed by atoms with Crippen molar-refractivity contribution in [3.05, 3.63) is 51.5 Å². The summed E-state index contributed by atoms with van der Waals surface area (Å²) in [5.41, 5.74) is 0.513. The first kappa shape index (κ1) is 11.8. The van der Waals surface area contributed by atoms with Gasteiger partial charge in [-0.3, -0.25) is 4.79 Å². The lowest BCUT2D eigenvalue weighted by atomic mass is 10.1. The van der Waals surface area contributed by atoms with E-state index in [1.807, 2.05) is 13.0 Å². The van der Waals surface area contributed by atoms with E-state index in [0.29, 0.717) is 12.1 Å². The number of carbonyl (C=O) groups excluding carboxylic acids is 1. The van der Waals surface area contributed by atoms with Gasteiger partial charge in [0.2, 0.25) is 5.78 Å². The third-order valence-electron chi connectivity index (χ3n) is 2.54. The third-order valence-corrected chi connectivity index (χ3v) is 2.54. The number of aryl methyl sites for hydroxylation is 1. The van der Waals surface area contributed by atoms with Crippen LogP contribution in [-0.2, 0) is 6.42 Å². The fourth-order valence-electron chi connectivity index (χ4n) is 1.69. The molecule has 2 aromatic rings. The molecule has 0 spiro atoms. The second kappa shape index (κ2) is 4.67. The molecule has 2 heterocycles. The van der Waals surface area contributed by atoms with E-state index < -0.39 is 11.5 Å². The predicted molar refractivity (Wildman–Crippen MR) is 63.2 cm³/mol. The summed E-state index contributed by atoms with van der Waals surface area (Å²) in [6.07, 6.45) is 1.96. The van der Waals surface area contributed by atoms with Crippen LogP contribution in [0, 0.1) is 11.3 Å². The SMILES string of the molecule is CCc1[nH]c(=O)[nH]c1C(=O)c1cccnc1C#N. The zero-order valence-electron chi connectivity index (χ0n) is 9.65. The topological polar surface area (TPSA) is 102 Å². The van der Waals surface area contributed by atoms with Crippen LogP contribution in [0.2, 0.25) is 0 Å². The summed E-state index contributed by atoms with van der Waals surface area (Å²) < 4.78 is 0. The molecule has 0 atom stereocenters. The van der Waals surface area contributed by atoms with E-state index >= 15 is 0 Å². The first-order chi connectivity index (χ1) is 8.67. The lowest BCUT2D eigenvalue weighted by Crippen LogP contribution is -2.09. The molecule has 0 radical (unpaired) electrons. The Kier molecular flexibility index (Phi) is 3.06. The molecule has 0 saturated heterocycles. The van der Waals surface area contributed by atoms with Crippen molar-refractivity contribution in [2.24, 2.45) is 0 Å². The third kappa shape index (κ3) is 1.94. The molecule has 90 valence electrons. The monoisotopic (exact) mass is 242 g/mol. The fourth-order valence-corrected chi connectivity index (χ4v) is 1.69. The van der Waals surface area contributed by atoms with Crippen LogP contribution in [0.3, 0.4) is 0 Å². The molecule has 0 aliphatic rings. The van der Waals surface area contributed by atoms with Crippen molar-refractivity contribution in [1.29, 1.82) is 5.26 Å². The molecule has 0 aliphatic carbocycles. The van der Waals surface area contributed by atoms with Gasteiger partial charge in [-0.15, -0.1) is 0 Å². The second-order valence-electron chi connectivity index (χ2n) is 3.63. The highest BCUT2D eigenvalue weighted by Crippen LogP contribution is 2.12. The summed E-state index contributed by atoms with van der Waals surface area (Å²) in [5, 5.41) is 8.90. The Morgan fingerprint density at radius 1 is 1.50 bits per heavy atom. The first-order valence-corrected chi connectivity index (χ1v) is 5.38. The van der Waals surface area contributed by atoms with Gasteiger partial charge in [-0.25, -0.2) is 9.78 Å². The van der Waals surface area contributed by atoms with Crippen molar-refractivity contribution in [2.75, 3.05) is 0 Å². The van der Waals surface area contributed by atoms with Crippen LogP contribution in [0.15, 0.2) is 23.1 Å². The zero-order chi connectivity index (χ0) is 13.1. The van der Waals surface area contributed by atoms with Gasteiger partial charge < -0.3 is 9.97 Å². The molecule has 0 fully saturated rings. The average Bonchev–Trinajstić information content (AvgIpc) is 2.79. The molecule has 2 N–H and O–H groups in total. The van der Waals surface area contributed by atoms with Crippen molar-refractivity contribution in [3.63, 3.8) is 0 Å². The van der Waals surface area contributed by atoms with Gasteiger partial charge in [-0.1, -0.05) is 6.92 Å². The van der Waals surface area contributed by atoms with E-state index in [-0.39, 0.29) is 17.0 Å². The van der Waals surface area contributed by atoms with Crippen LogP contribution < -0.4 is 5.69 Å². The number of ketones is 1. The maximum absolute atomic E-state index is 12.2. The minimum Gasteiger partial charge on any atom is -0.309 e. The lowest BCUT2D eigenvalue weighted by molar-refractivity contribution is 0.103. The fraction of sp³-hybridized carbons (Fsp3) is 0.167. The number of aromatic nitrogens is 3. The standard InChI is InChI=1S/C12H10N4O2/c1-2-8-10(16-12(18)15-8)11(17)7-4-3-5-14-9(7)6-13/h3-5H,2H2,1H3,(H2,15,16,18). The number of nitriles is 1. The Hall–Kier alpha value is -2.68. The van der Waals surface area contributed by atoms with Crippen molar-refractivity contribution in [2.45, 2.75) is 13.3 Å². The van der Waals surface area contributed by atoms with Crippen molar-refractivity contribution in [3.8, 4) is 6.07 Å². The summed E-state index contributed by atoms with van der Waals surface area (Å²) in [5.74, 6) is -0.408. The Bertz CT molecular complexity index is 691. The maximum Gasteiger partial charge on any atom is 0.323 e. The van der Waals surface area contributed by atoms with Crippen molar-refractivity contribution < 1.29 is 4.79 Å². The number of pyridine rings is 1. The van der Waals surface area contributed by atoms with Crippen molar-refractivity contribution in [1.82, 2.24) is 15.0 Å². The molecular weight excluding hydrogens is 232 g/mol. The minimum absolute atomic E-state index is 0.0478. The van der Waals surface area contributed by atoms with E-state index in [1.165, 1.54) is 12.3 Å². The van der Waals surface area contributed by atoms with Gasteiger partial charge in [0.1, 0.15) is 11.8 Å². The summed E-state index contributed by atoms with van der Waals surface area (Å²) in [6.45, 7) is 1.82. The number of nitrogens with zero attached hydrogens (tertiary/aromatic N) is 2. The zero-order valence-corrected chi connectivity index (χ0v) is 9.65. The van der Waals surface area contributed by atoms with E-state index in [2.05, 4.69) is 15.0 Å². The largest absolute Gasteiger partial charge is 0.323 e. The van der Waals surface area contributed by atoms with Crippen LogP contribution in [0.5, 0.6) is 0 Å². The molecule has 18 heavy (non-hydrogen) atoms. The molecule has 0 amide bonds. The van der Waals surface area contributed by atoms with Gasteiger partial charge in [0.15, 0.2) is 5.69 Å². The highest BCUT2D eigenvalue weighted by Gasteiger charge is 2.19. The van der Waals surface area contributed by atoms with Crippen LogP contribution in [0.4, 0.5) is 0 Å². The number of rotatable bonds is 3.